The van der Waals surface area contributed by atoms with Gasteiger partial charge in [0, 0.05) is 12.6 Å². The normalized spacial score (nSPS) is 21.4. The summed E-state index contributed by atoms with van der Waals surface area (Å²) in [6.45, 7) is 2.07. The predicted octanol–water partition coefficient (Wildman–Crippen LogP) is -1.07. The van der Waals surface area contributed by atoms with Crippen LogP contribution in [0, 0.1) is 0 Å². The largest absolute Gasteiger partial charge is 0.350 e. The third kappa shape index (κ3) is 3.27. The number of nitrogens with one attached hydrogen (secondary N) is 2. The van der Waals surface area contributed by atoms with Crippen LogP contribution in [0.2, 0.25) is 0 Å². The molecular weight excluding hydrogens is 208 g/mol. The molecule has 1 aromatic heterocycles. The van der Waals surface area contributed by atoms with Gasteiger partial charge in [-0.05, 0) is 29.8 Å². The second-order valence-electron chi connectivity index (χ2n) is 3.97. The topological polar surface area (TPSA) is 84.7 Å². The molecule has 1 amide bonds. The molecule has 7 nitrogen and oxygen atoms in total. The Bertz CT molecular complexity index is 317. The third-order valence-corrected chi connectivity index (χ3v) is 2.61. The summed E-state index contributed by atoms with van der Waals surface area (Å²) in [5.74, 6) is -0.0407. The van der Waals surface area contributed by atoms with Crippen molar-refractivity contribution in [2.45, 2.75) is 31.8 Å². The summed E-state index contributed by atoms with van der Waals surface area (Å²) in [6, 6.07) is 0.228. The van der Waals surface area contributed by atoms with Crippen LogP contribution in [-0.4, -0.2) is 45.2 Å². The van der Waals surface area contributed by atoms with Crippen molar-refractivity contribution in [1.82, 2.24) is 30.8 Å². The van der Waals surface area contributed by atoms with Crippen molar-refractivity contribution in [3.8, 4) is 0 Å². The highest BCUT2D eigenvalue weighted by molar-refractivity contribution is 5.75. The van der Waals surface area contributed by atoms with E-state index in [0.29, 0.717) is 0 Å². The molecule has 0 radical (unpaired) electrons. The fraction of sp³-hybridized carbons (Fsp3) is 0.778. The SMILES string of the molecule is O=C(Cn1cnnn1)NC1CCCCNC1. The second-order valence-corrected chi connectivity index (χ2v) is 3.97. The van der Waals surface area contributed by atoms with E-state index in [1.165, 1.54) is 17.4 Å². The van der Waals surface area contributed by atoms with E-state index in [0.717, 1.165) is 25.9 Å². The van der Waals surface area contributed by atoms with Crippen molar-refractivity contribution in [1.29, 1.82) is 0 Å². The Balaban J connectivity index is 1.77. The van der Waals surface area contributed by atoms with Gasteiger partial charge in [-0.2, -0.15) is 0 Å². The standard InChI is InChI=1S/C9H16N6O/c16-9(6-15-7-11-13-14-15)12-8-3-1-2-4-10-5-8/h7-8,10H,1-6H2,(H,12,16). The van der Waals surface area contributed by atoms with Gasteiger partial charge in [-0.3, -0.25) is 4.79 Å². The highest BCUT2D eigenvalue weighted by atomic mass is 16.2. The van der Waals surface area contributed by atoms with E-state index in [4.69, 9.17) is 0 Å². The molecule has 1 aromatic rings. The molecule has 1 fully saturated rings. The number of carbonyl (C=O) groups excluding carboxylic acids is 1. The molecule has 1 aliphatic heterocycles. The Hall–Kier alpha value is -1.50. The molecule has 1 aliphatic rings. The summed E-state index contributed by atoms with van der Waals surface area (Å²) in [5, 5.41) is 16.9. The summed E-state index contributed by atoms with van der Waals surface area (Å²) >= 11 is 0. The van der Waals surface area contributed by atoms with Gasteiger partial charge < -0.3 is 10.6 Å². The maximum atomic E-state index is 11.6. The molecule has 1 unspecified atom stereocenters. The van der Waals surface area contributed by atoms with E-state index in [9.17, 15) is 4.79 Å². The number of tetrazole rings is 1. The molecule has 7 heteroatoms. The maximum absolute atomic E-state index is 11.6. The number of hydrogen-bond acceptors (Lipinski definition) is 5. The first-order chi connectivity index (χ1) is 7.84. The van der Waals surface area contributed by atoms with Gasteiger partial charge >= 0.3 is 0 Å². The molecule has 0 saturated carbocycles. The minimum absolute atomic E-state index is 0.0407. The summed E-state index contributed by atoms with van der Waals surface area (Å²) in [7, 11) is 0. The summed E-state index contributed by atoms with van der Waals surface area (Å²) in [6.07, 6.45) is 4.81. The lowest BCUT2D eigenvalue weighted by Gasteiger charge is -2.15. The first kappa shape index (κ1) is 11.0. The van der Waals surface area contributed by atoms with Crippen molar-refractivity contribution in [2.24, 2.45) is 0 Å². The van der Waals surface area contributed by atoms with Gasteiger partial charge in [0.15, 0.2) is 0 Å². The first-order valence-electron chi connectivity index (χ1n) is 5.55. The van der Waals surface area contributed by atoms with E-state index >= 15 is 0 Å². The quantitative estimate of drug-likeness (QED) is 0.683. The predicted molar refractivity (Wildman–Crippen MR) is 56.5 cm³/mol. The van der Waals surface area contributed by atoms with Gasteiger partial charge in [-0.1, -0.05) is 6.42 Å². The molecule has 88 valence electrons. The first-order valence-corrected chi connectivity index (χ1v) is 5.55. The number of amides is 1. The van der Waals surface area contributed by atoms with Crippen molar-refractivity contribution in [3.63, 3.8) is 0 Å². The summed E-state index contributed by atoms with van der Waals surface area (Å²) in [5.41, 5.74) is 0. The smallest absolute Gasteiger partial charge is 0.242 e. The Morgan fingerprint density at radius 3 is 3.31 bits per heavy atom. The zero-order valence-electron chi connectivity index (χ0n) is 9.09. The average Bonchev–Trinajstić information content (AvgIpc) is 2.62. The van der Waals surface area contributed by atoms with Crippen LogP contribution in [0.4, 0.5) is 0 Å². The molecule has 1 saturated heterocycles. The molecule has 0 bridgehead atoms. The van der Waals surface area contributed by atoms with Crippen molar-refractivity contribution in [2.75, 3.05) is 13.1 Å². The summed E-state index contributed by atoms with van der Waals surface area (Å²) < 4.78 is 1.42. The van der Waals surface area contributed by atoms with E-state index < -0.39 is 0 Å². The highest BCUT2D eigenvalue weighted by Crippen LogP contribution is 2.03. The monoisotopic (exact) mass is 224 g/mol. The van der Waals surface area contributed by atoms with Crippen molar-refractivity contribution >= 4 is 5.91 Å². The molecule has 0 aliphatic carbocycles. The number of aromatic nitrogens is 4. The number of hydrogen-bond donors (Lipinski definition) is 2. The number of rotatable bonds is 3. The molecular formula is C9H16N6O. The van der Waals surface area contributed by atoms with Crippen LogP contribution in [0.5, 0.6) is 0 Å². The molecule has 0 spiro atoms. The second kappa shape index (κ2) is 5.55. The van der Waals surface area contributed by atoms with Gasteiger partial charge in [-0.25, -0.2) is 4.68 Å². The lowest BCUT2D eigenvalue weighted by molar-refractivity contribution is -0.122. The van der Waals surface area contributed by atoms with Crippen molar-refractivity contribution < 1.29 is 4.79 Å². The highest BCUT2D eigenvalue weighted by Gasteiger charge is 2.14. The van der Waals surface area contributed by atoms with E-state index in [1.807, 2.05) is 0 Å². The van der Waals surface area contributed by atoms with Gasteiger partial charge in [0.05, 0.1) is 0 Å². The van der Waals surface area contributed by atoms with E-state index in [2.05, 4.69) is 26.2 Å². The van der Waals surface area contributed by atoms with Crippen LogP contribution in [0.1, 0.15) is 19.3 Å². The fourth-order valence-electron chi connectivity index (χ4n) is 1.82. The van der Waals surface area contributed by atoms with E-state index in [1.54, 1.807) is 0 Å². The van der Waals surface area contributed by atoms with E-state index in [-0.39, 0.29) is 18.5 Å². The van der Waals surface area contributed by atoms with Crippen LogP contribution >= 0.6 is 0 Å². The minimum atomic E-state index is -0.0407. The van der Waals surface area contributed by atoms with Gasteiger partial charge in [0.25, 0.3) is 0 Å². The zero-order chi connectivity index (χ0) is 11.2. The lowest BCUT2D eigenvalue weighted by atomic mass is 10.1. The van der Waals surface area contributed by atoms with Crippen LogP contribution in [0.3, 0.4) is 0 Å². The van der Waals surface area contributed by atoms with Crippen LogP contribution in [0.15, 0.2) is 6.33 Å². The Morgan fingerprint density at radius 2 is 2.50 bits per heavy atom. The minimum Gasteiger partial charge on any atom is -0.350 e. The fourth-order valence-corrected chi connectivity index (χ4v) is 1.82. The van der Waals surface area contributed by atoms with Gasteiger partial charge in [0.2, 0.25) is 5.91 Å². The Labute approximate surface area is 93.6 Å². The van der Waals surface area contributed by atoms with Gasteiger partial charge in [0.1, 0.15) is 12.9 Å². The Morgan fingerprint density at radius 1 is 1.56 bits per heavy atom. The van der Waals surface area contributed by atoms with Crippen LogP contribution in [-0.2, 0) is 11.3 Å². The molecule has 16 heavy (non-hydrogen) atoms. The van der Waals surface area contributed by atoms with Crippen molar-refractivity contribution in [3.05, 3.63) is 6.33 Å². The molecule has 1 atom stereocenters. The number of carbonyl (C=O) groups is 1. The molecule has 2 rings (SSSR count). The zero-order valence-corrected chi connectivity index (χ0v) is 9.09. The third-order valence-electron chi connectivity index (χ3n) is 2.61. The average molecular weight is 224 g/mol. The number of nitrogens with zero attached hydrogens (tertiary/aromatic N) is 4. The van der Waals surface area contributed by atoms with Crippen LogP contribution in [0.25, 0.3) is 0 Å². The molecule has 2 N–H and O–H groups in total. The molecule has 2 heterocycles. The van der Waals surface area contributed by atoms with Crippen LogP contribution < -0.4 is 10.6 Å². The molecule has 0 aromatic carbocycles. The lowest BCUT2D eigenvalue weighted by Crippen LogP contribution is -2.42. The van der Waals surface area contributed by atoms with Gasteiger partial charge in [-0.15, -0.1) is 5.10 Å². The Kier molecular flexibility index (Phi) is 3.81. The summed E-state index contributed by atoms with van der Waals surface area (Å²) in [4.78, 5) is 11.6. The maximum Gasteiger partial charge on any atom is 0.242 e.